The number of H-pyrrole nitrogens is 1. The van der Waals surface area contributed by atoms with Gasteiger partial charge in [-0.05, 0) is 62.3 Å². The van der Waals surface area contributed by atoms with Crippen molar-refractivity contribution in [2.45, 2.75) is 52.1 Å². The van der Waals surface area contributed by atoms with Gasteiger partial charge in [0.1, 0.15) is 5.02 Å². The molecule has 1 aliphatic carbocycles. The normalized spacial score (nSPS) is 15.2. The lowest BCUT2D eigenvalue weighted by atomic mass is 9.93. The molecule has 3 aromatic heterocycles. The van der Waals surface area contributed by atoms with Gasteiger partial charge in [-0.3, -0.25) is 9.51 Å². The molecular weight excluding hydrogens is 446 g/mol. The fourth-order valence-electron chi connectivity index (χ4n) is 4.30. The summed E-state index contributed by atoms with van der Waals surface area (Å²) in [5.41, 5.74) is 5.18. The van der Waals surface area contributed by atoms with Crippen LogP contribution in [0.25, 0.3) is 22.8 Å². The second-order valence-corrected chi connectivity index (χ2v) is 8.80. The summed E-state index contributed by atoms with van der Waals surface area (Å²) in [6, 6.07) is 5.81. The van der Waals surface area contributed by atoms with E-state index in [4.69, 9.17) is 20.9 Å². The number of rotatable bonds is 6. The number of pyridine rings is 1. The third-order valence-electron chi connectivity index (χ3n) is 5.81. The Labute approximate surface area is 194 Å². The smallest absolute Gasteiger partial charge is 0.438 e. The molecular formula is C23H22ClN5O4. The van der Waals surface area contributed by atoms with Crippen molar-refractivity contribution in [2.75, 3.05) is 0 Å². The van der Waals surface area contributed by atoms with Crippen LogP contribution in [0.1, 0.15) is 48.7 Å². The predicted molar refractivity (Wildman–Crippen MR) is 120 cm³/mol. The van der Waals surface area contributed by atoms with Gasteiger partial charge in [-0.2, -0.15) is 4.98 Å². The molecule has 1 N–H and O–H groups in total. The standard InChI is InChI=1S/C23H22ClN5O4/c1-11(2)31-22-18(24)8-14(10-25-22)21-27-20(29-32-21)16-6-7-17-13(4-5-15(17)12(16)3)9-19-26-23(30)33-28-19/h6-8,10-11,13H,4-5,9H2,1-3H3,(H,26,28,30)/t13-/m1/s1. The zero-order chi connectivity index (χ0) is 23.1. The van der Waals surface area contributed by atoms with Crippen LogP contribution in [-0.4, -0.2) is 31.4 Å². The summed E-state index contributed by atoms with van der Waals surface area (Å²) in [7, 11) is 0. The Morgan fingerprint density at radius 1 is 1.27 bits per heavy atom. The van der Waals surface area contributed by atoms with E-state index in [9.17, 15) is 4.79 Å². The van der Waals surface area contributed by atoms with Crippen LogP contribution in [-0.2, 0) is 12.8 Å². The minimum atomic E-state index is -0.527. The van der Waals surface area contributed by atoms with Gasteiger partial charge in [0.2, 0.25) is 11.7 Å². The lowest BCUT2D eigenvalue weighted by Gasteiger charge is -2.12. The van der Waals surface area contributed by atoms with Crippen molar-refractivity contribution >= 4 is 11.6 Å². The highest BCUT2D eigenvalue weighted by Crippen LogP contribution is 2.40. The van der Waals surface area contributed by atoms with Crippen LogP contribution >= 0.6 is 11.6 Å². The van der Waals surface area contributed by atoms with Crippen molar-refractivity contribution in [3.8, 4) is 28.7 Å². The summed E-state index contributed by atoms with van der Waals surface area (Å²) in [6.45, 7) is 5.89. The zero-order valence-electron chi connectivity index (χ0n) is 18.4. The van der Waals surface area contributed by atoms with Gasteiger partial charge in [0.25, 0.3) is 5.89 Å². The molecule has 0 bridgehead atoms. The molecule has 1 atom stereocenters. The van der Waals surface area contributed by atoms with E-state index in [0.29, 0.717) is 40.4 Å². The molecule has 10 heteroatoms. The van der Waals surface area contributed by atoms with Crippen molar-refractivity contribution < 1.29 is 13.8 Å². The maximum absolute atomic E-state index is 11.2. The van der Waals surface area contributed by atoms with E-state index in [-0.39, 0.29) is 12.0 Å². The quantitative estimate of drug-likeness (QED) is 0.440. The van der Waals surface area contributed by atoms with Crippen molar-refractivity contribution in [3.63, 3.8) is 0 Å². The SMILES string of the molecule is Cc1c(-c2noc(-c3cnc(OC(C)C)c(Cl)c3)n2)ccc2c1CC[C@@H]2Cc1noc(=O)[nH]1. The summed E-state index contributed by atoms with van der Waals surface area (Å²) in [4.78, 5) is 22.7. The zero-order valence-corrected chi connectivity index (χ0v) is 19.1. The molecule has 0 unspecified atom stereocenters. The molecule has 3 heterocycles. The Bertz CT molecular complexity index is 1370. The number of hydrogen-bond donors (Lipinski definition) is 1. The maximum atomic E-state index is 11.2. The first kappa shape index (κ1) is 21.4. The van der Waals surface area contributed by atoms with Crippen LogP contribution in [0.3, 0.4) is 0 Å². The molecule has 0 saturated carbocycles. The summed E-state index contributed by atoms with van der Waals surface area (Å²) >= 11 is 6.30. The highest BCUT2D eigenvalue weighted by molar-refractivity contribution is 6.32. The Hall–Kier alpha value is -3.46. The summed E-state index contributed by atoms with van der Waals surface area (Å²) in [6.07, 6.45) is 4.12. The maximum Gasteiger partial charge on any atom is 0.438 e. The van der Waals surface area contributed by atoms with E-state index < -0.39 is 5.76 Å². The minimum Gasteiger partial charge on any atom is -0.474 e. The fourth-order valence-corrected chi connectivity index (χ4v) is 4.52. The van der Waals surface area contributed by atoms with E-state index in [1.165, 1.54) is 11.1 Å². The van der Waals surface area contributed by atoms with Gasteiger partial charge in [-0.15, -0.1) is 0 Å². The van der Waals surface area contributed by atoms with E-state index in [1.54, 1.807) is 12.3 Å². The number of nitrogens with zero attached hydrogens (tertiary/aromatic N) is 4. The third-order valence-corrected chi connectivity index (χ3v) is 6.08. The highest BCUT2D eigenvalue weighted by Gasteiger charge is 2.27. The molecule has 4 aromatic rings. The number of nitrogens with one attached hydrogen (secondary N) is 1. The average molecular weight is 468 g/mol. The van der Waals surface area contributed by atoms with Gasteiger partial charge in [0.15, 0.2) is 5.82 Å². The monoisotopic (exact) mass is 467 g/mol. The number of aromatic nitrogens is 5. The van der Waals surface area contributed by atoms with E-state index in [2.05, 4.69) is 42.8 Å². The van der Waals surface area contributed by atoms with Crippen LogP contribution in [0, 0.1) is 6.92 Å². The van der Waals surface area contributed by atoms with Crippen LogP contribution in [0.4, 0.5) is 0 Å². The lowest BCUT2D eigenvalue weighted by molar-refractivity contribution is 0.233. The summed E-state index contributed by atoms with van der Waals surface area (Å²) in [5, 5.41) is 8.37. The first-order chi connectivity index (χ1) is 15.9. The Morgan fingerprint density at radius 2 is 2.12 bits per heavy atom. The number of halogens is 1. The first-order valence-electron chi connectivity index (χ1n) is 10.7. The molecule has 1 aliphatic rings. The predicted octanol–water partition coefficient (Wildman–Crippen LogP) is 4.50. The second kappa shape index (κ2) is 8.47. The number of aromatic amines is 1. The molecule has 0 radical (unpaired) electrons. The molecule has 0 fully saturated rings. The summed E-state index contributed by atoms with van der Waals surface area (Å²) in [5.74, 6) is 1.53. The summed E-state index contributed by atoms with van der Waals surface area (Å²) < 4.78 is 15.7. The van der Waals surface area contributed by atoms with Gasteiger partial charge >= 0.3 is 5.76 Å². The number of ether oxygens (including phenoxy) is 1. The second-order valence-electron chi connectivity index (χ2n) is 8.39. The average Bonchev–Trinajstić information content (AvgIpc) is 3.51. The van der Waals surface area contributed by atoms with E-state index in [1.807, 2.05) is 19.9 Å². The third kappa shape index (κ3) is 4.16. The van der Waals surface area contributed by atoms with Crippen molar-refractivity contribution in [1.82, 2.24) is 25.3 Å². The number of hydrogen-bond acceptors (Lipinski definition) is 8. The molecule has 0 spiro atoms. The lowest BCUT2D eigenvalue weighted by Crippen LogP contribution is -2.07. The first-order valence-corrected chi connectivity index (χ1v) is 11.1. The molecule has 5 rings (SSSR count). The Morgan fingerprint density at radius 3 is 2.85 bits per heavy atom. The van der Waals surface area contributed by atoms with Crippen molar-refractivity contribution in [2.24, 2.45) is 0 Å². The van der Waals surface area contributed by atoms with Crippen molar-refractivity contribution in [1.29, 1.82) is 0 Å². The van der Waals surface area contributed by atoms with Gasteiger partial charge in [0.05, 0.1) is 11.7 Å². The largest absolute Gasteiger partial charge is 0.474 e. The number of benzene rings is 1. The van der Waals surface area contributed by atoms with Gasteiger partial charge in [-0.1, -0.05) is 34.0 Å². The van der Waals surface area contributed by atoms with E-state index >= 15 is 0 Å². The van der Waals surface area contributed by atoms with Gasteiger partial charge < -0.3 is 9.26 Å². The minimum absolute atomic E-state index is 0.0310. The van der Waals surface area contributed by atoms with E-state index in [0.717, 1.165) is 24.0 Å². The fraction of sp³-hybridized carbons (Fsp3) is 0.348. The van der Waals surface area contributed by atoms with Crippen LogP contribution in [0.15, 0.2) is 38.2 Å². The Kier molecular flexibility index (Phi) is 5.49. The molecule has 0 amide bonds. The van der Waals surface area contributed by atoms with Gasteiger partial charge in [0, 0.05) is 18.2 Å². The van der Waals surface area contributed by atoms with Gasteiger partial charge in [-0.25, -0.2) is 9.78 Å². The molecule has 9 nitrogen and oxygen atoms in total. The highest BCUT2D eigenvalue weighted by atomic mass is 35.5. The van der Waals surface area contributed by atoms with Crippen LogP contribution in [0.5, 0.6) is 5.88 Å². The molecule has 33 heavy (non-hydrogen) atoms. The molecule has 0 aliphatic heterocycles. The topological polar surface area (TPSA) is 120 Å². The van der Waals surface area contributed by atoms with Crippen molar-refractivity contribution in [3.05, 3.63) is 62.5 Å². The Balaban J connectivity index is 1.40. The van der Waals surface area contributed by atoms with Crippen LogP contribution < -0.4 is 10.5 Å². The molecule has 0 saturated heterocycles. The van der Waals surface area contributed by atoms with Crippen LogP contribution in [0.2, 0.25) is 5.02 Å². The molecule has 170 valence electrons. The number of fused-ring (bicyclic) bond motifs is 1. The molecule has 1 aromatic carbocycles.